The van der Waals surface area contributed by atoms with Gasteiger partial charge in [0.2, 0.25) is 5.91 Å². The van der Waals surface area contributed by atoms with Gasteiger partial charge in [0.1, 0.15) is 0 Å². The summed E-state index contributed by atoms with van der Waals surface area (Å²) in [5.74, 6) is 0.128. The first-order valence-corrected chi connectivity index (χ1v) is 6.41. The minimum atomic E-state index is 0.128. The molecule has 2 aromatic carbocycles. The Bertz CT molecular complexity index is 626. The van der Waals surface area contributed by atoms with Crippen molar-refractivity contribution in [1.82, 2.24) is 0 Å². The fraction of sp³-hybridized carbons (Fsp3) is 0.118. The summed E-state index contributed by atoms with van der Waals surface area (Å²) < 4.78 is 0. The number of carbonyl (C=O) groups excluding carboxylic acids is 1. The predicted molar refractivity (Wildman–Crippen MR) is 77.7 cm³/mol. The van der Waals surface area contributed by atoms with E-state index in [1.807, 2.05) is 67.6 Å². The lowest BCUT2D eigenvalue weighted by atomic mass is 10.1. The molecule has 1 heterocycles. The molecule has 2 aromatic rings. The minimum absolute atomic E-state index is 0.128. The minimum Gasteiger partial charge on any atom is -0.281 e. The first-order valence-electron chi connectivity index (χ1n) is 6.41. The Morgan fingerprint density at radius 1 is 0.947 bits per heavy atom. The first kappa shape index (κ1) is 11.7. The molecule has 19 heavy (non-hydrogen) atoms. The lowest BCUT2D eigenvalue weighted by Gasteiger charge is -2.21. The fourth-order valence-corrected chi connectivity index (χ4v) is 2.33. The van der Waals surface area contributed by atoms with Crippen LogP contribution >= 0.6 is 0 Å². The second-order valence-corrected chi connectivity index (χ2v) is 4.72. The SMILES string of the molecule is Cc1ccc(N2C(=O)CC=C2c2ccccc2)cc1. The van der Waals surface area contributed by atoms with Crippen LogP contribution in [-0.2, 0) is 4.79 Å². The van der Waals surface area contributed by atoms with E-state index in [0.29, 0.717) is 6.42 Å². The van der Waals surface area contributed by atoms with Gasteiger partial charge in [-0.3, -0.25) is 9.69 Å². The molecule has 0 fully saturated rings. The third-order valence-corrected chi connectivity index (χ3v) is 3.32. The van der Waals surface area contributed by atoms with Crippen LogP contribution in [0.2, 0.25) is 0 Å². The molecule has 1 aliphatic heterocycles. The van der Waals surface area contributed by atoms with Crippen molar-refractivity contribution in [1.29, 1.82) is 0 Å². The molecule has 0 saturated carbocycles. The normalized spacial score (nSPS) is 14.7. The van der Waals surface area contributed by atoms with Crippen molar-refractivity contribution in [2.75, 3.05) is 4.90 Å². The van der Waals surface area contributed by atoms with Crippen molar-refractivity contribution in [3.8, 4) is 0 Å². The Morgan fingerprint density at radius 2 is 1.63 bits per heavy atom. The van der Waals surface area contributed by atoms with Crippen LogP contribution < -0.4 is 4.90 Å². The average molecular weight is 249 g/mol. The monoisotopic (exact) mass is 249 g/mol. The summed E-state index contributed by atoms with van der Waals surface area (Å²) >= 11 is 0. The Balaban J connectivity index is 2.01. The Morgan fingerprint density at radius 3 is 2.32 bits per heavy atom. The van der Waals surface area contributed by atoms with Crippen molar-refractivity contribution in [3.63, 3.8) is 0 Å². The van der Waals surface area contributed by atoms with E-state index in [0.717, 1.165) is 16.9 Å². The number of rotatable bonds is 2. The highest BCUT2D eigenvalue weighted by atomic mass is 16.2. The zero-order valence-electron chi connectivity index (χ0n) is 10.8. The van der Waals surface area contributed by atoms with E-state index in [4.69, 9.17) is 0 Å². The topological polar surface area (TPSA) is 20.3 Å². The van der Waals surface area contributed by atoms with Crippen molar-refractivity contribution in [3.05, 3.63) is 71.8 Å². The molecule has 94 valence electrons. The number of anilines is 1. The largest absolute Gasteiger partial charge is 0.281 e. The number of benzene rings is 2. The summed E-state index contributed by atoms with van der Waals surface area (Å²) in [6.45, 7) is 2.05. The maximum Gasteiger partial charge on any atom is 0.235 e. The molecule has 2 heteroatoms. The number of hydrogen-bond acceptors (Lipinski definition) is 1. The van der Waals surface area contributed by atoms with E-state index in [1.165, 1.54) is 5.56 Å². The van der Waals surface area contributed by atoms with Gasteiger partial charge in [0, 0.05) is 12.1 Å². The highest BCUT2D eigenvalue weighted by Crippen LogP contribution is 2.31. The van der Waals surface area contributed by atoms with Gasteiger partial charge >= 0.3 is 0 Å². The van der Waals surface area contributed by atoms with Crippen molar-refractivity contribution >= 4 is 17.3 Å². The van der Waals surface area contributed by atoms with Gasteiger partial charge in [0.05, 0.1) is 5.70 Å². The third kappa shape index (κ3) is 2.17. The van der Waals surface area contributed by atoms with Crippen LogP contribution in [0.4, 0.5) is 5.69 Å². The second-order valence-electron chi connectivity index (χ2n) is 4.72. The molecule has 1 amide bonds. The number of carbonyl (C=O) groups is 1. The summed E-state index contributed by atoms with van der Waals surface area (Å²) in [4.78, 5) is 13.9. The molecule has 1 aliphatic rings. The van der Waals surface area contributed by atoms with Crippen LogP contribution in [0.1, 0.15) is 17.5 Å². The van der Waals surface area contributed by atoms with Crippen LogP contribution in [0.15, 0.2) is 60.7 Å². The lowest BCUT2D eigenvalue weighted by Crippen LogP contribution is -2.23. The zero-order chi connectivity index (χ0) is 13.2. The molecule has 0 N–H and O–H groups in total. The molecule has 0 saturated heterocycles. The van der Waals surface area contributed by atoms with Gasteiger partial charge in [-0.25, -0.2) is 0 Å². The van der Waals surface area contributed by atoms with Gasteiger partial charge in [0.25, 0.3) is 0 Å². The molecular formula is C17H15NO. The Hall–Kier alpha value is -2.35. The molecule has 0 aromatic heterocycles. The lowest BCUT2D eigenvalue weighted by molar-refractivity contribution is -0.116. The molecule has 0 aliphatic carbocycles. The summed E-state index contributed by atoms with van der Waals surface area (Å²) in [6.07, 6.45) is 2.47. The van der Waals surface area contributed by atoms with Crippen LogP contribution in [-0.4, -0.2) is 5.91 Å². The highest BCUT2D eigenvalue weighted by Gasteiger charge is 2.25. The fourth-order valence-electron chi connectivity index (χ4n) is 2.33. The van der Waals surface area contributed by atoms with Crippen LogP contribution in [0, 0.1) is 6.92 Å². The highest BCUT2D eigenvalue weighted by molar-refractivity contribution is 6.10. The van der Waals surface area contributed by atoms with Gasteiger partial charge in [-0.05, 0) is 24.6 Å². The quantitative estimate of drug-likeness (QED) is 0.793. The van der Waals surface area contributed by atoms with Gasteiger partial charge < -0.3 is 0 Å². The molecule has 0 unspecified atom stereocenters. The Kier molecular flexibility index (Phi) is 2.92. The van der Waals surface area contributed by atoms with E-state index < -0.39 is 0 Å². The van der Waals surface area contributed by atoms with Gasteiger partial charge in [0.15, 0.2) is 0 Å². The summed E-state index contributed by atoms with van der Waals surface area (Å²) in [5.41, 5.74) is 4.19. The first-order chi connectivity index (χ1) is 9.25. The predicted octanol–water partition coefficient (Wildman–Crippen LogP) is 3.77. The van der Waals surface area contributed by atoms with Gasteiger partial charge in [-0.15, -0.1) is 0 Å². The second kappa shape index (κ2) is 4.73. The van der Waals surface area contributed by atoms with E-state index >= 15 is 0 Å². The number of nitrogens with zero attached hydrogens (tertiary/aromatic N) is 1. The average Bonchev–Trinajstić information content (AvgIpc) is 2.83. The van der Waals surface area contributed by atoms with Crippen LogP contribution in [0.25, 0.3) is 5.70 Å². The Labute approximate surface area is 113 Å². The van der Waals surface area contributed by atoms with Crippen LogP contribution in [0.5, 0.6) is 0 Å². The van der Waals surface area contributed by atoms with Gasteiger partial charge in [-0.2, -0.15) is 0 Å². The maximum absolute atomic E-state index is 12.1. The van der Waals surface area contributed by atoms with Gasteiger partial charge in [-0.1, -0.05) is 54.1 Å². The summed E-state index contributed by atoms with van der Waals surface area (Å²) in [7, 11) is 0. The van der Waals surface area contributed by atoms with Crippen molar-refractivity contribution < 1.29 is 4.79 Å². The molecule has 0 spiro atoms. The maximum atomic E-state index is 12.1. The van der Waals surface area contributed by atoms with Crippen molar-refractivity contribution in [2.45, 2.75) is 13.3 Å². The van der Waals surface area contributed by atoms with Crippen molar-refractivity contribution in [2.24, 2.45) is 0 Å². The third-order valence-electron chi connectivity index (χ3n) is 3.32. The zero-order valence-corrected chi connectivity index (χ0v) is 10.8. The van der Waals surface area contributed by atoms with E-state index in [-0.39, 0.29) is 5.91 Å². The number of hydrogen-bond donors (Lipinski definition) is 0. The van der Waals surface area contributed by atoms with E-state index in [1.54, 1.807) is 4.90 Å². The van der Waals surface area contributed by atoms with E-state index in [9.17, 15) is 4.79 Å². The van der Waals surface area contributed by atoms with Crippen LogP contribution in [0.3, 0.4) is 0 Å². The molecule has 3 rings (SSSR count). The molecule has 0 atom stereocenters. The van der Waals surface area contributed by atoms with E-state index in [2.05, 4.69) is 0 Å². The standard InChI is InChI=1S/C17H15NO/c1-13-7-9-15(10-8-13)18-16(11-12-17(18)19)14-5-3-2-4-6-14/h2-11H,12H2,1H3. The molecule has 0 radical (unpaired) electrons. The summed E-state index contributed by atoms with van der Waals surface area (Å²) in [6, 6.07) is 18.1. The molecule has 2 nitrogen and oxygen atoms in total. The number of aryl methyl sites for hydroxylation is 1. The smallest absolute Gasteiger partial charge is 0.235 e. The summed E-state index contributed by atoms with van der Waals surface area (Å²) in [5, 5.41) is 0. The molecule has 0 bridgehead atoms. The number of amides is 1. The molecular weight excluding hydrogens is 234 g/mol.